The quantitative estimate of drug-likeness (QED) is 0.231. The van der Waals surface area contributed by atoms with Crippen molar-refractivity contribution in [3.8, 4) is 11.6 Å². The number of rotatable bonds is 8. The van der Waals surface area contributed by atoms with Gasteiger partial charge in [0.1, 0.15) is 5.82 Å². The summed E-state index contributed by atoms with van der Waals surface area (Å²) in [6, 6.07) is 11.3. The van der Waals surface area contributed by atoms with Crippen LogP contribution in [0.3, 0.4) is 0 Å². The molecule has 0 atom stereocenters. The summed E-state index contributed by atoms with van der Waals surface area (Å²) in [6.45, 7) is 1.35. The number of aliphatic imine (C=N–C) groups is 1. The monoisotopic (exact) mass is 537 g/mol. The molecule has 1 aromatic carbocycles. The fourth-order valence-corrected chi connectivity index (χ4v) is 2.89. The first-order valence-electron chi connectivity index (χ1n) is 9.77. The van der Waals surface area contributed by atoms with Crippen molar-refractivity contribution < 1.29 is 9.21 Å². The summed E-state index contributed by atoms with van der Waals surface area (Å²) in [7, 11) is 5.24. The maximum atomic E-state index is 12.1. The van der Waals surface area contributed by atoms with E-state index in [1.54, 1.807) is 38.4 Å². The van der Waals surface area contributed by atoms with E-state index in [-0.39, 0.29) is 29.9 Å². The number of furan rings is 1. The van der Waals surface area contributed by atoms with Crippen LogP contribution in [0.1, 0.15) is 21.7 Å². The van der Waals surface area contributed by atoms with Crippen LogP contribution in [-0.4, -0.2) is 66.2 Å². The van der Waals surface area contributed by atoms with Gasteiger partial charge in [0, 0.05) is 46.2 Å². The standard InChI is InChI=1S/C21H27N7O2.HI/c1-22-21(23-11-9-15-6-4-7-16(14-15)20(29)28(2)3)24-12-10-18-25-19(27-26-18)17-8-5-13-30-17;/h4-8,13-14H,9-12H2,1-3H3,(H2,22,23,24)(H,25,26,27);1H. The zero-order valence-electron chi connectivity index (χ0n) is 17.9. The molecular formula is C21H28IN7O2. The lowest BCUT2D eigenvalue weighted by Gasteiger charge is -2.13. The van der Waals surface area contributed by atoms with Crippen LogP contribution in [0, 0.1) is 0 Å². The number of aromatic nitrogens is 3. The summed E-state index contributed by atoms with van der Waals surface area (Å²) in [5.41, 5.74) is 1.79. The Morgan fingerprint density at radius 2 is 1.94 bits per heavy atom. The normalized spacial score (nSPS) is 11.0. The van der Waals surface area contributed by atoms with Crippen molar-refractivity contribution in [2.24, 2.45) is 4.99 Å². The van der Waals surface area contributed by atoms with E-state index in [0.29, 0.717) is 42.6 Å². The Morgan fingerprint density at radius 1 is 1.16 bits per heavy atom. The third-order valence-corrected chi connectivity index (χ3v) is 4.44. The number of nitrogens with zero attached hydrogens (tertiary/aromatic N) is 4. The molecule has 2 aromatic heterocycles. The molecule has 166 valence electrons. The second-order valence-electron chi connectivity index (χ2n) is 6.91. The van der Waals surface area contributed by atoms with Crippen LogP contribution in [-0.2, 0) is 12.8 Å². The molecule has 3 N–H and O–H groups in total. The van der Waals surface area contributed by atoms with E-state index in [1.807, 2.05) is 30.3 Å². The lowest BCUT2D eigenvalue weighted by atomic mass is 10.1. The van der Waals surface area contributed by atoms with Crippen LogP contribution in [0.2, 0.25) is 0 Å². The van der Waals surface area contributed by atoms with Crippen molar-refractivity contribution in [2.75, 3.05) is 34.2 Å². The van der Waals surface area contributed by atoms with Crippen LogP contribution in [0.5, 0.6) is 0 Å². The Bertz CT molecular complexity index is 983. The van der Waals surface area contributed by atoms with Crippen molar-refractivity contribution in [1.82, 2.24) is 30.7 Å². The highest BCUT2D eigenvalue weighted by Crippen LogP contribution is 2.14. The fraction of sp³-hybridized carbons (Fsp3) is 0.333. The molecule has 3 aromatic rings. The van der Waals surface area contributed by atoms with Gasteiger partial charge in [-0.05, 0) is 36.2 Å². The number of hydrogen-bond donors (Lipinski definition) is 3. The molecule has 0 radical (unpaired) electrons. The number of hydrogen-bond acceptors (Lipinski definition) is 5. The molecule has 2 heterocycles. The topological polar surface area (TPSA) is 111 Å². The largest absolute Gasteiger partial charge is 0.461 e. The Kier molecular flexibility index (Phi) is 9.50. The lowest BCUT2D eigenvalue weighted by molar-refractivity contribution is 0.0827. The van der Waals surface area contributed by atoms with E-state index in [2.05, 4.69) is 30.8 Å². The van der Waals surface area contributed by atoms with Crippen LogP contribution in [0.4, 0.5) is 0 Å². The summed E-state index contributed by atoms with van der Waals surface area (Å²) in [5.74, 6) is 2.67. The van der Waals surface area contributed by atoms with Gasteiger partial charge in [-0.25, -0.2) is 4.98 Å². The van der Waals surface area contributed by atoms with Gasteiger partial charge in [-0.3, -0.25) is 14.9 Å². The van der Waals surface area contributed by atoms with Gasteiger partial charge in [0.05, 0.1) is 6.26 Å². The molecule has 10 heteroatoms. The molecule has 0 spiro atoms. The number of aromatic amines is 1. The summed E-state index contributed by atoms with van der Waals surface area (Å²) in [6.07, 6.45) is 3.05. The number of carbonyl (C=O) groups excluding carboxylic acids is 1. The number of carbonyl (C=O) groups is 1. The zero-order valence-corrected chi connectivity index (χ0v) is 20.2. The molecule has 0 fully saturated rings. The predicted molar refractivity (Wildman–Crippen MR) is 131 cm³/mol. The fourth-order valence-electron chi connectivity index (χ4n) is 2.89. The van der Waals surface area contributed by atoms with Crippen molar-refractivity contribution in [3.05, 3.63) is 59.6 Å². The summed E-state index contributed by atoms with van der Waals surface area (Å²) >= 11 is 0. The van der Waals surface area contributed by atoms with Gasteiger partial charge in [-0.1, -0.05) is 12.1 Å². The summed E-state index contributed by atoms with van der Waals surface area (Å²) in [5, 5.41) is 13.6. The average molecular weight is 537 g/mol. The van der Waals surface area contributed by atoms with Crippen LogP contribution in [0.25, 0.3) is 11.6 Å². The highest BCUT2D eigenvalue weighted by atomic mass is 127. The molecule has 0 aliphatic carbocycles. The lowest BCUT2D eigenvalue weighted by Crippen LogP contribution is -2.39. The first-order chi connectivity index (χ1) is 14.6. The van der Waals surface area contributed by atoms with Crippen molar-refractivity contribution in [1.29, 1.82) is 0 Å². The third kappa shape index (κ3) is 7.09. The maximum absolute atomic E-state index is 12.1. The second-order valence-corrected chi connectivity index (χ2v) is 6.91. The zero-order chi connectivity index (χ0) is 21.3. The molecule has 0 aliphatic heterocycles. The smallest absolute Gasteiger partial charge is 0.253 e. The molecule has 0 aliphatic rings. The first-order valence-corrected chi connectivity index (χ1v) is 9.77. The van der Waals surface area contributed by atoms with Crippen LogP contribution < -0.4 is 10.6 Å². The number of guanidine groups is 1. The van der Waals surface area contributed by atoms with Crippen molar-refractivity contribution in [2.45, 2.75) is 12.8 Å². The number of H-pyrrole nitrogens is 1. The van der Waals surface area contributed by atoms with E-state index in [4.69, 9.17) is 4.42 Å². The minimum absolute atomic E-state index is 0. The van der Waals surface area contributed by atoms with Gasteiger partial charge >= 0.3 is 0 Å². The molecule has 3 rings (SSSR count). The molecule has 31 heavy (non-hydrogen) atoms. The van der Waals surface area contributed by atoms with Gasteiger partial charge in [-0.2, -0.15) is 5.10 Å². The molecular weight excluding hydrogens is 509 g/mol. The van der Waals surface area contributed by atoms with Crippen LogP contribution >= 0.6 is 24.0 Å². The molecule has 9 nitrogen and oxygen atoms in total. The van der Waals surface area contributed by atoms with E-state index in [9.17, 15) is 4.79 Å². The Morgan fingerprint density at radius 3 is 2.61 bits per heavy atom. The molecule has 1 amide bonds. The number of amides is 1. The van der Waals surface area contributed by atoms with E-state index >= 15 is 0 Å². The Hall–Kier alpha value is -2.89. The van der Waals surface area contributed by atoms with Gasteiger partial charge in [-0.15, -0.1) is 24.0 Å². The SMILES string of the molecule is CN=C(NCCc1cccc(C(=O)N(C)C)c1)NCCc1nc(-c2ccco2)n[nH]1.I. The van der Waals surface area contributed by atoms with E-state index in [1.165, 1.54) is 0 Å². The van der Waals surface area contributed by atoms with Gasteiger partial charge in [0.25, 0.3) is 5.91 Å². The maximum Gasteiger partial charge on any atom is 0.253 e. The van der Waals surface area contributed by atoms with Crippen LogP contribution in [0.15, 0.2) is 52.1 Å². The number of nitrogens with one attached hydrogen (secondary N) is 3. The van der Waals surface area contributed by atoms with Gasteiger partial charge in [0.15, 0.2) is 11.7 Å². The van der Waals surface area contributed by atoms with Gasteiger partial charge < -0.3 is 20.0 Å². The summed E-state index contributed by atoms with van der Waals surface area (Å²) < 4.78 is 5.29. The Balaban J connectivity index is 0.00000341. The minimum atomic E-state index is 0. The molecule has 0 saturated heterocycles. The second kappa shape index (κ2) is 12.1. The van der Waals surface area contributed by atoms with Crippen molar-refractivity contribution >= 4 is 35.8 Å². The van der Waals surface area contributed by atoms with Crippen molar-refractivity contribution in [3.63, 3.8) is 0 Å². The molecule has 0 bridgehead atoms. The number of halogens is 1. The summed E-state index contributed by atoms with van der Waals surface area (Å²) in [4.78, 5) is 22.3. The Labute approximate surface area is 198 Å². The molecule has 0 unspecified atom stereocenters. The van der Waals surface area contributed by atoms with Gasteiger partial charge in [0.2, 0.25) is 5.82 Å². The third-order valence-electron chi connectivity index (χ3n) is 4.44. The highest BCUT2D eigenvalue weighted by Gasteiger charge is 2.09. The number of benzene rings is 1. The van der Waals surface area contributed by atoms with E-state index < -0.39 is 0 Å². The predicted octanol–water partition coefficient (Wildman–Crippen LogP) is 2.33. The van der Waals surface area contributed by atoms with E-state index in [0.717, 1.165) is 17.8 Å². The first kappa shape index (κ1) is 24.4. The average Bonchev–Trinajstić information content (AvgIpc) is 3.44. The minimum Gasteiger partial charge on any atom is -0.461 e. The highest BCUT2D eigenvalue weighted by molar-refractivity contribution is 14.0. The molecule has 0 saturated carbocycles.